The van der Waals surface area contributed by atoms with Gasteiger partial charge in [0.25, 0.3) is 5.56 Å². The lowest BCUT2D eigenvalue weighted by Crippen LogP contribution is -2.41. The highest BCUT2D eigenvalue weighted by Crippen LogP contribution is 2.67. The van der Waals surface area contributed by atoms with Crippen molar-refractivity contribution in [2.75, 3.05) is 13.7 Å². The number of aliphatic hydroxyl groups is 1. The predicted octanol–water partition coefficient (Wildman–Crippen LogP) is 2.99. The lowest BCUT2D eigenvalue weighted by atomic mass is 9.88. The van der Waals surface area contributed by atoms with Crippen molar-refractivity contribution < 1.29 is 37.7 Å². The van der Waals surface area contributed by atoms with Crippen LogP contribution in [0.5, 0.6) is 0 Å². The van der Waals surface area contributed by atoms with Gasteiger partial charge in [0.2, 0.25) is 0 Å². The largest absolute Gasteiger partial charge is 0.388 e. The van der Waals surface area contributed by atoms with Crippen LogP contribution >= 0.6 is 7.60 Å². The Kier molecular flexibility index (Phi) is 8.10. The Hall–Kier alpha value is -1.57. The number of hydrogen-bond donors (Lipinski definition) is 3. The molecule has 3 rings (SSSR count). The molecule has 0 amide bonds. The van der Waals surface area contributed by atoms with E-state index in [1.807, 2.05) is 13.8 Å². The summed E-state index contributed by atoms with van der Waals surface area (Å²) in [6.07, 6.45) is -3.02. The van der Waals surface area contributed by atoms with Gasteiger partial charge in [-0.05, 0) is 32.1 Å². The number of aliphatic hydroxyl groups excluding tert-OH is 1. The highest BCUT2D eigenvalue weighted by molar-refractivity contribution is 7.54. The van der Waals surface area contributed by atoms with Crippen LogP contribution in [-0.4, -0.2) is 58.0 Å². The van der Waals surface area contributed by atoms with E-state index in [1.54, 1.807) is 13.8 Å². The van der Waals surface area contributed by atoms with Gasteiger partial charge in [0.05, 0.1) is 23.9 Å². The Morgan fingerprint density at radius 2 is 2.03 bits per heavy atom. The molecule has 0 bridgehead atoms. The molecule has 2 aliphatic rings. The molecule has 34 heavy (non-hydrogen) atoms. The summed E-state index contributed by atoms with van der Waals surface area (Å²) in [7, 11) is -2.79. The normalized spacial score (nSPS) is 30.5. The number of nitrogens with one attached hydrogen (secondary N) is 1. The molecule has 3 heterocycles. The van der Waals surface area contributed by atoms with Crippen LogP contribution in [0.4, 0.5) is 4.39 Å². The fraction of sp³-hybridized carbons (Fsp3) is 0.696. The number of H-pyrrole nitrogens is 1. The molecule has 1 aromatic heterocycles. The Bertz CT molecular complexity index is 1060. The second-order valence-electron chi connectivity index (χ2n) is 8.73. The standard InChI is InChI=1S/C23H33FNO8P/c1-6-10-15-18(14(24)11-17(26)25-15)20-21(30-5)19(27)16(32-20)12-22(7-2,8-3)33-34(28,29)23(9-4)13-31-23/h11,16,19-21,27H,7-9,12-13H2,1-5H3,(H,25,26)(H,28,29). The van der Waals surface area contributed by atoms with Crippen molar-refractivity contribution >= 4 is 7.60 Å². The maximum Gasteiger partial charge on any atom is 0.362 e. The van der Waals surface area contributed by atoms with Crippen LogP contribution in [0.2, 0.25) is 0 Å². The number of ether oxygens (including phenoxy) is 3. The summed E-state index contributed by atoms with van der Waals surface area (Å²) < 4.78 is 50.7. The van der Waals surface area contributed by atoms with Crippen LogP contribution in [0.25, 0.3) is 0 Å². The van der Waals surface area contributed by atoms with Crippen LogP contribution in [0.1, 0.15) is 70.7 Å². The summed E-state index contributed by atoms with van der Waals surface area (Å²) in [5.74, 6) is 4.47. The average molecular weight is 501 g/mol. The Morgan fingerprint density at radius 1 is 1.38 bits per heavy atom. The van der Waals surface area contributed by atoms with Crippen molar-refractivity contribution in [2.24, 2.45) is 0 Å². The van der Waals surface area contributed by atoms with Crippen LogP contribution in [0, 0.1) is 17.7 Å². The molecule has 0 aliphatic carbocycles. The van der Waals surface area contributed by atoms with Gasteiger partial charge in [-0.2, -0.15) is 0 Å². The lowest BCUT2D eigenvalue weighted by Gasteiger charge is -2.37. The van der Waals surface area contributed by atoms with E-state index < -0.39 is 54.3 Å². The summed E-state index contributed by atoms with van der Waals surface area (Å²) in [5.41, 5.74) is -1.74. The van der Waals surface area contributed by atoms with Crippen molar-refractivity contribution in [1.29, 1.82) is 0 Å². The number of halogens is 1. The first-order valence-corrected chi connectivity index (χ1v) is 13.0. The topological polar surface area (TPSA) is 131 Å². The second kappa shape index (κ2) is 10.2. The van der Waals surface area contributed by atoms with Crippen LogP contribution in [-0.2, 0) is 23.3 Å². The van der Waals surface area contributed by atoms with Gasteiger partial charge in [-0.3, -0.25) is 13.9 Å². The van der Waals surface area contributed by atoms with Crippen LogP contribution in [0.3, 0.4) is 0 Å². The van der Waals surface area contributed by atoms with E-state index in [-0.39, 0.29) is 24.3 Å². The number of hydrogen-bond acceptors (Lipinski definition) is 7. The van der Waals surface area contributed by atoms with E-state index in [4.69, 9.17) is 18.7 Å². The van der Waals surface area contributed by atoms with E-state index in [0.717, 1.165) is 6.07 Å². The third-order valence-electron chi connectivity index (χ3n) is 6.90. The predicted molar refractivity (Wildman–Crippen MR) is 122 cm³/mol. The second-order valence-corrected chi connectivity index (χ2v) is 10.8. The number of aromatic nitrogens is 1. The van der Waals surface area contributed by atoms with Gasteiger partial charge in [0.1, 0.15) is 29.8 Å². The molecule has 6 unspecified atom stereocenters. The van der Waals surface area contributed by atoms with Gasteiger partial charge in [-0.25, -0.2) is 4.39 Å². The van der Waals surface area contributed by atoms with E-state index in [1.165, 1.54) is 7.11 Å². The first kappa shape index (κ1) is 27.0. The van der Waals surface area contributed by atoms with Crippen molar-refractivity contribution in [3.05, 3.63) is 33.5 Å². The van der Waals surface area contributed by atoms with Gasteiger partial charge in [0.15, 0.2) is 5.34 Å². The molecular formula is C23H33FNO8P. The smallest absolute Gasteiger partial charge is 0.362 e. The highest BCUT2D eigenvalue weighted by Gasteiger charge is 2.62. The molecule has 9 nitrogen and oxygen atoms in total. The zero-order valence-corrected chi connectivity index (χ0v) is 21.0. The molecule has 1 aromatic rings. The number of rotatable bonds is 10. The van der Waals surface area contributed by atoms with Crippen molar-refractivity contribution in [1.82, 2.24) is 4.98 Å². The van der Waals surface area contributed by atoms with Crippen LogP contribution in [0.15, 0.2) is 10.9 Å². The molecule has 3 N–H and O–H groups in total. The summed E-state index contributed by atoms with van der Waals surface area (Å²) in [6, 6.07) is 0.791. The Labute approximate surface area is 198 Å². The molecule has 2 fully saturated rings. The quantitative estimate of drug-likeness (QED) is 0.253. The summed E-state index contributed by atoms with van der Waals surface area (Å²) in [5, 5.41) is 9.82. The molecule has 2 aliphatic heterocycles. The maximum atomic E-state index is 14.9. The fourth-order valence-electron chi connectivity index (χ4n) is 4.51. The number of aromatic amines is 1. The Morgan fingerprint density at radius 3 is 2.53 bits per heavy atom. The van der Waals surface area contributed by atoms with Crippen molar-refractivity contribution in [3.63, 3.8) is 0 Å². The zero-order valence-electron chi connectivity index (χ0n) is 20.1. The molecular weight excluding hydrogens is 468 g/mol. The van der Waals surface area contributed by atoms with E-state index >= 15 is 0 Å². The molecule has 0 spiro atoms. The molecule has 6 atom stereocenters. The number of methoxy groups -OCH3 is 1. The first-order valence-electron chi connectivity index (χ1n) is 11.4. The summed E-state index contributed by atoms with van der Waals surface area (Å²) >= 11 is 0. The third-order valence-corrected chi connectivity index (χ3v) is 9.14. The monoisotopic (exact) mass is 501 g/mol. The van der Waals surface area contributed by atoms with Gasteiger partial charge in [-0.1, -0.05) is 26.7 Å². The minimum atomic E-state index is -4.15. The van der Waals surface area contributed by atoms with E-state index in [9.17, 15) is 23.7 Å². The fourth-order valence-corrected chi connectivity index (χ4v) is 6.32. The van der Waals surface area contributed by atoms with Gasteiger partial charge >= 0.3 is 7.60 Å². The molecule has 11 heteroatoms. The van der Waals surface area contributed by atoms with E-state index in [2.05, 4.69) is 16.8 Å². The van der Waals surface area contributed by atoms with Gasteiger partial charge in [0, 0.05) is 19.6 Å². The molecule has 190 valence electrons. The highest BCUT2D eigenvalue weighted by atomic mass is 31.2. The Balaban J connectivity index is 1.93. The molecule has 2 saturated heterocycles. The summed E-state index contributed by atoms with van der Waals surface area (Å²) in [4.78, 5) is 25.0. The third kappa shape index (κ3) is 4.89. The number of pyridine rings is 1. The molecule has 0 radical (unpaired) electrons. The van der Waals surface area contributed by atoms with Gasteiger partial charge in [-0.15, -0.1) is 0 Å². The van der Waals surface area contributed by atoms with Crippen molar-refractivity contribution in [2.45, 2.75) is 88.7 Å². The minimum Gasteiger partial charge on any atom is -0.388 e. The zero-order chi connectivity index (χ0) is 25.3. The minimum absolute atomic E-state index is 0.0222. The maximum absolute atomic E-state index is 14.9. The average Bonchev–Trinajstić information content (AvgIpc) is 3.54. The molecule has 0 aromatic carbocycles. The SMILES string of the molecule is CC#Cc1[nH]c(=O)cc(F)c1C1OC(CC(CC)(CC)OP(=O)(O)C2(CC)CO2)C(O)C1OC. The summed E-state index contributed by atoms with van der Waals surface area (Å²) in [6.45, 7) is 7.08. The van der Waals surface area contributed by atoms with Crippen molar-refractivity contribution in [3.8, 4) is 11.8 Å². The van der Waals surface area contributed by atoms with Crippen LogP contribution < -0.4 is 5.56 Å². The van der Waals surface area contributed by atoms with Gasteiger partial charge < -0.3 is 29.2 Å². The van der Waals surface area contributed by atoms with E-state index in [0.29, 0.717) is 19.3 Å². The number of epoxide rings is 1. The first-order chi connectivity index (χ1) is 16.0. The molecule has 0 saturated carbocycles. The lowest BCUT2D eigenvalue weighted by molar-refractivity contribution is -0.0573.